The monoisotopic (exact) mass is 432 g/mol. The van der Waals surface area contributed by atoms with Crippen molar-refractivity contribution in [2.75, 3.05) is 7.11 Å². The number of carbonyl (C=O) groups excluding carboxylic acids is 1. The number of nitrogens with one attached hydrogen (secondary N) is 1. The number of methoxy groups -OCH3 is 1. The maximum atomic E-state index is 12.6. The zero-order chi connectivity index (χ0) is 22.0. The van der Waals surface area contributed by atoms with Crippen LogP contribution in [0.3, 0.4) is 0 Å². The molecule has 160 valence electrons. The van der Waals surface area contributed by atoms with Gasteiger partial charge in [-0.25, -0.2) is 5.01 Å². The van der Waals surface area contributed by atoms with Gasteiger partial charge in [0, 0.05) is 19.9 Å². The fraction of sp³-hybridized carbons (Fsp3) is 0.400. The highest BCUT2D eigenvalue weighted by Crippen LogP contribution is 2.37. The summed E-state index contributed by atoms with van der Waals surface area (Å²) in [6.45, 7) is 3.82. The summed E-state index contributed by atoms with van der Waals surface area (Å²) in [6.07, 6.45) is 1.84. The van der Waals surface area contributed by atoms with Gasteiger partial charge in [-0.2, -0.15) is 5.10 Å². The number of hydrogen-bond donors (Lipinski definition) is 3. The van der Waals surface area contributed by atoms with E-state index in [1.807, 2.05) is 6.92 Å². The van der Waals surface area contributed by atoms with Crippen LogP contribution in [-0.2, 0) is 11.3 Å². The molecule has 2 heterocycles. The summed E-state index contributed by atoms with van der Waals surface area (Å²) >= 11 is 5.18. The van der Waals surface area contributed by atoms with E-state index in [9.17, 15) is 19.8 Å². The lowest BCUT2D eigenvalue weighted by atomic mass is 9.98. The summed E-state index contributed by atoms with van der Waals surface area (Å²) in [5.41, 5.74) is 0.318. The number of carbonyl (C=O) groups is 1. The normalized spacial score (nSPS) is 15.9. The first-order valence-electron chi connectivity index (χ1n) is 9.59. The molecular formula is C20H24N4O5S. The molecule has 1 aliphatic heterocycles. The Morgan fingerprint density at radius 2 is 2.13 bits per heavy atom. The number of hydrogen-bond acceptors (Lipinski definition) is 7. The van der Waals surface area contributed by atoms with Gasteiger partial charge < -0.3 is 14.9 Å². The molecule has 9 nitrogen and oxygen atoms in total. The molecular weight excluding hydrogens is 408 g/mol. The van der Waals surface area contributed by atoms with Gasteiger partial charge in [-0.15, -0.1) is 0 Å². The third-order valence-corrected chi connectivity index (χ3v) is 5.34. The molecule has 3 N–H and O–H groups in total. The van der Waals surface area contributed by atoms with Gasteiger partial charge in [0.05, 0.1) is 18.9 Å². The minimum Gasteiger partial charge on any atom is -0.504 e. The molecule has 1 amide bonds. The molecule has 1 atom stereocenters. The van der Waals surface area contributed by atoms with E-state index in [0.29, 0.717) is 17.9 Å². The molecule has 0 unspecified atom stereocenters. The quantitative estimate of drug-likeness (QED) is 0.604. The largest absolute Gasteiger partial charge is 0.504 e. The summed E-state index contributed by atoms with van der Waals surface area (Å²) in [5.74, 6) is -0.363. The third kappa shape index (κ3) is 3.95. The van der Waals surface area contributed by atoms with Crippen molar-refractivity contribution in [2.45, 2.75) is 45.7 Å². The van der Waals surface area contributed by atoms with Crippen LogP contribution in [0.2, 0.25) is 0 Å². The van der Waals surface area contributed by atoms with Crippen molar-refractivity contribution < 1.29 is 19.7 Å². The molecule has 30 heavy (non-hydrogen) atoms. The van der Waals surface area contributed by atoms with Crippen molar-refractivity contribution in [1.29, 1.82) is 0 Å². The zero-order valence-electron chi connectivity index (χ0n) is 17.0. The standard InChI is InChI=1S/C20H24N4O5S/c1-4-5-8-23-19(28)17(18(27)21-20(23)30)13-10-14(24(22-13)11(2)25)12-6-7-16(29-3)15(26)9-12/h6-7,9,14,26,28H,4-5,8,10H2,1-3H3,(H,21,27,30)/t14-/m1/s1. The first-order chi connectivity index (χ1) is 14.3. The first kappa shape index (κ1) is 21.6. The number of hydrazone groups is 1. The van der Waals surface area contributed by atoms with Crippen molar-refractivity contribution in [1.82, 2.24) is 14.6 Å². The van der Waals surface area contributed by atoms with Crippen LogP contribution < -0.4 is 10.3 Å². The average Bonchev–Trinajstić information content (AvgIpc) is 3.12. The Kier molecular flexibility index (Phi) is 6.25. The molecule has 2 aromatic rings. The van der Waals surface area contributed by atoms with Crippen molar-refractivity contribution in [3.05, 3.63) is 44.5 Å². The topological polar surface area (TPSA) is 120 Å². The van der Waals surface area contributed by atoms with Crippen LogP contribution in [0.5, 0.6) is 17.4 Å². The number of nitrogens with zero attached hydrogens (tertiary/aromatic N) is 3. The third-order valence-electron chi connectivity index (χ3n) is 5.02. The van der Waals surface area contributed by atoms with Crippen molar-refractivity contribution >= 4 is 23.8 Å². The number of unbranched alkanes of at least 4 members (excludes halogenated alkanes) is 1. The van der Waals surface area contributed by atoms with Gasteiger partial charge in [0.25, 0.3) is 5.56 Å². The van der Waals surface area contributed by atoms with E-state index >= 15 is 0 Å². The highest BCUT2D eigenvalue weighted by molar-refractivity contribution is 7.71. The van der Waals surface area contributed by atoms with Crippen LogP contribution in [-0.4, -0.2) is 43.5 Å². The lowest BCUT2D eigenvalue weighted by Crippen LogP contribution is -2.24. The van der Waals surface area contributed by atoms with Crippen molar-refractivity contribution in [3.8, 4) is 17.4 Å². The number of benzene rings is 1. The van der Waals surface area contributed by atoms with Crippen LogP contribution in [0.25, 0.3) is 0 Å². The number of ether oxygens (including phenoxy) is 1. The fourth-order valence-electron chi connectivity index (χ4n) is 3.47. The second kappa shape index (κ2) is 8.70. The summed E-state index contributed by atoms with van der Waals surface area (Å²) in [5, 5.41) is 26.5. The Hall–Kier alpha value is -3.14. The molecule has 0 aliphatic carbocycles. The Balaban J connectivity index is 2.05. The van der Waals surface area contributed by atoms with Gasteiger partial charge in [-0.05, 0) is 36.3 Å². The van der Waals surface area contributed by atoms with Crippen LogP contribution in [0.15, 0.2) is 28.1 Å². The number of amides is 1. The Morgan fingerprint density at radius 1 is 1.40 bits per heavy atom. The van der Waals surface area contributed by atoms with Gasteiger partial charge in [0.15, 0.2) is 16.3 Å². The summed E-state index contributed by atoms with van der Waals surface area (Å²) in [4.78, 5) is 27.4. The number of H-pyrrole nitrogens is 1. The smallest absolute Gasteiger partial charge is 0.264 e. The molecule has 1 aromatic carbocycles. The molecule has 1 aliphatic rings. The fourth-order valence-corrected chi connectivity index (χ4v) is 3.74. The summed E-state index contributed by atoms with van der Waals surface area (Å²) < 4.78 is 6.66. The molecule has 0 spiro atoms. The summed E-state index contributed by atoms with van der Waals surface area (Å²) in [7, 11) is 1.44. The molecule has 10 heteroatoms. The van der Waals surface area contributed by atoms with E-state index in [0.717, 1.165) is 12.8 Å². The SMILES string of the molecule is CCCCn1c(O)c(C2=NN(C(C)=O)[C@@H](c3ccc(OC)c(O)c3)C2)c(=O)[nH]c1=S. The van der Waals surface area contributed by atoms with E-state index in [1.54, 1.807) is 12.1 Å². The predicted molar refractivity (Wildman–Crippen MR) is 114 cm³/mol. The average molecular weight is 433 g/mol. The lowest BCUT2D eigenvalue weighted by Gasteiger charge is -2.21. The van der Waals surface area contributed by atoms with Crippen LogP contribution in [0.4, 0.5) is 0 Å². The Bertz CT molecular complexity index is 1120. The Morgan fingerprint density at radius 3 is 2.73 bits per heavy atom. The van der Waals surface area contributed by atoms with E-state index in [-0.39, 0.29) is 40.0 Å². The van der Waals surface area contributed by atoms with Crippen molar-refractivity contribution in [3.63, 3.8) is 0 Å². The van der Waals surface area contributed by atoms with Gasteiger partial charge in [0.1, 0.15) is 5.56 Å². The van der Waals surface area contributed by atoms with Gasteiger partial charge in [0.2, 0.25) is 11.8 Å². The second-order valence-electron chi connectivity index (χ2n) is 7.02. The molecule has 3 rings (SSSR count). The van der Waals surface area contributed by atoms with E-state index in [1.165, 1.54) is 29.7 Å². The maximum Gasteiger partial charge on any atom is 0.264 e. The highest BCUT2D eigenvalue weighted by Gasteiger charge is 2.34. The second-order valence-corrected chi connectivity index (χ2v) is 7.41. The number of rotatable bonds is 6. The number of phenols is 1. The number of aromatic hydroxyl groups is 2. The number of aromatic nitrogens is 2. The highest BCUT2D eigenvalue weighted by atomic mass is 32.1. The van der Waals surface area contributed by atoms with Crippen molar-refractivity contribution in [2.24, 2.45) is 5.10 Å². The number of phenolic OH excluding ortho intramolecular Hbond substituents is 1. The zero-order valence-corrected chi connectivity index (χ0v) is 17.8. The molecule has 0 radical (unpaired) electrons. The van der Waals surface area contributed by atoms with Crippen LogP contribution >= 0.6 is 12.2 Å². The van der Waals surface area contributed by atoms with Gasteiger partial charge in [-0.1, -0.05) is 19.4 Å². The van der Waals surface area contributed by atoms with Gasteiger partial charge in [-0.3, -0.25) is 19.1 Å². The van der Waals surface area contributed by atoms with Crippen LogP contribution in [0, 0.1) is 4.77 Å². The minimum atomic E-state index is -0.564. The molecule has 0 saturated heterocycles. The molecule has 0 bridgehead atoms. The summed E-state index contributed by atoms with van der Waals surface area (Å²) in [6, 6.07) is 4.27. The number of aromatic amines is 1. The minimum absolute atomic E-state index is 0.00816. The molecule has 1 aromatic heterocycles. The van der Waals surface area contributed by atoms with Gasteiger partial charge >= 0.3 is 0 Å². The van der Waals surface area contributed by atoms with E-state index < -0.39 is 11.6 Å². The predicted octanol–water partition coefficient (Wildman–Crippen LogP) is 2.82. The molecule has 0 saturated carbocycles. The Labute approximate surface area is 178 Å². The van der Waals surface area contributed by atoms with Crippen LogP contribution in [0.1, 0.15) is 50.3 Å². The first-order valence-corrected chi connectivity index (χ1v) is 9.99. The maximum absolute atomic E-state index is 12.6. The van der Waals surface area contributed by atoms with E-state index in [2.05, 4.69) is 10.1 Å². The lowest BCUT2D eigenvalue weighted by molar-refractivity contribution is -0.130. The van der Waals surface area contributed by atoms with E-state index in [4.69, 9.17) is 17.0 Å². The molecule has 0 fully saturated rings.